The zero-order valence-corrected chi connectivity index (χ0v) is 20.2. The average molecular weight is 470 g/mol. The van der Waals surface area contributed by atoms with Crippen molar-refractivity contribution in [3.63, 3.8) is 0 Å². The molecular formula is C36H23N. The van der Waals surface area contributed by atoms with Crippen molar-refractivity contribution in [3.8, 4) is 27.9 Å². The first kappa shape index (κ1) is 20.3. The van der Waals surface area contributed by atoms with E-state index in [1.165, 1.54) is 71.3 Å². The van der Waals surface area contributed by atoms with Crippen molar-refractivity contribution in [1.82, 2.24) is 4.57 Å². The number of hydrogen-bond acceptors (Lipinski definition) is 0. The Kier molecular flexibility index (Phi) is 4.29. The molecule has 0 saturated carbocycles. The average Bonchev–Trinajstić information content (AvgIpc) is 3.32. The molecule has 37 heavy (non-hydrogen) atoms. The van der Waals surface area contributed by atoms with Crippen LogP contribution in [0.25, 0.3) is 71.3 Å². The maximum Gasteiger partial charge on any atom is 0.0547 e. The molecule has 0 aliphatic rings. The van der Waals surface area contributed by atoms with Crippen molar-refractivity contribution >= 4 is 43.4 Å². The molecule has 1 heterocycles. The molecule has 0 spiro atoms. The normalized spacial score (nSPS) is 11.8. The molecule has 0 radical (unpaired) electrons. The van der Waals surface area contributed by atoms with E-state index in [-0.39, 0.29) is 0 Å². The lowest BCUT2D eigenvalue weighted by molar-refractivity contribution is 1.19. The van der Waals surface area contributed by atoms with Crippen LogP contribution in [-0.4, -0.2) is 4.57 Å². The smallest absolute Gasteiger partial charge is 0.0547 e. The van der Waals surface area contributed by atoms with Crippen molar-refractivity contribution in [3.05, 3.63) is 140 Å². The highest BCUT2D eigenvalue weighted by Crippen LogP contribution is 2.45. The van der Waals surface area contributed by atoms with Gasteiger partial charge in [0.25, 0.3) is 0 Å². The first-order valence-electron chi connectivity index (χ1n) is 12.8. The molecule has 0 saturated heterocycles. The van der Waals surface area contributed by atoms with Gasteiger partial charge < -0.3 is 4.57 Å². The molecule has 0 N–H and O–H groups in total. The Hall–Kier alpha value is -4.88. The Morgan fingerprint density at radius 1 is 0.378 bits per heavy atom. The summed E-state index contributed by atoms with van der Waals surface area (Å²) in [6.45, 7) is 0. The topological polar surface area (TPSA) is 4.93 Å². The molecule has 0 unspecified atom stereocenters. The lowest BCUT2D eigenvalue weighted by Gasteiger charge is -2.11. The second-order valence-electron chi connectivity index (χ2n) is 9.77. The second-order valence-corrected chi connectivity index (χ2v) is 9.77. The highest BCUT2D eigenvalue weighted by molar-refractivity contribution is 6.28. The van der Waals surface area contributed by atoms with Gasteiger partial charge in [-0.25, -0.2) is 0 Å². The zero-order chi connectivity index (χ0) is 24.3. The van der Waals surface area contributed by atoms with Gasteiger partial charge in [-0.3, -0.25) is 0 Å². The summed E-state index contributed by atoms with van der Waals surface area (Å²) < 4.78 is 2.45. The third-order valence-corrected chi connectivity index (χ3v) is 7.76. The highest BCUT2D eigenvalue weighted by atomic mass is 15.0. The molecule has 0 amide bonds. The molecule has 8 aromatic rings. The van der Waals surface area contributed by atoms with Crippen LogP contribution in [0.1, 0.15) is 0 Å². The van der Waals surface area contributed by atoms with Crippen LogP contribution < -0.4 is 0 Å². The summed E-state index contributed by atoms with van der Waals surface area (Å²) in [6, 6.07) is 50.7. The van der Waals surface area contributed by atoms with Crippen molar-refractivity contribution < 1.29 is 0 Å². The van der Waals surface area contributed by atoms with Crippen LogP contribution in [0.4, 0.5) is 0 Å². The summed E-state index contributed by atoms with van der Waals surface area (Å²) in [7, 11) is 0. The molecule has 8 rings (SSSR count). The maximum atomic E-state index is 2.45. The van der Waals surface area contributed by atoms with E-state index in [9.17, 15) is 0 Å². The number of nitrogens with zero attached hydrogens (tertiary/aromatic N) is 1. The van der Waals surface area contributed by atoms with Gasteiger partial charge in [-0.1, -0.05) is 115 Å². The summed E-state index contributed by atoms with van der Waals surface area (Å²) in [6.07, 6.45) is 0. The first-order valence-corrected chi connectivity index (χ1v) is 12.8. The van der Waals surface area contributed by atoms with Crippen LogP contribution in [0.15, 0.2) is 140 Å². The monoisotopic (exact) mass is 469 g/mol. The molecule has 172 valence electrons. The van der Waals surface area contributed by atoms with Gasteiger partial charge in [0, 0.05) is 16.5 Å². The summed E-state index contributed by atoms with van der Waals surface area (Å²) in [4.78, 5) is 0. The maximum absolute atomic E-state index is 2.45. The van der Waals surface area contributed by atoms with Gasteiger partial charge in [0.05, 0.1) is 11.0 Å². The summed E-state index contributed by atoms with van der Waals surface area (Å²) in [5.74, 6) is 0. The van der Waals surface area contributed by atoms with Crippen LogP contribution in [-0.2, 0) is 0 Å². The SMILES string of the molecule is c1ccc(-c2ccc3c4c2ccc2c(-c5ccccc5)ccc(c24)n3-c2ccc3ccccc3c2)cc1. The predicted octanol–water partition coefficient (Wildman–Crippen LogP) is 9.86. The molecule has 0 bridgehead atoms. The van der Waals surface area contributed by atoms with Gasteiger partial charge in [0.1, 0.15) is 0 Å². The number of aromatic nitrogens is 1. The fourth-order valence-corrected chi connectivity index (χ4v) is 6.09. The molecule has 1 heteroatoms. The number of rotatable bonds is 3. The fourth-order valence-electron chi connectivity index (χ4n) is 6.09. The standard InChI is InChI=1S/C36H23N/c1-3-10-25(11-4-1)29-19-21-33-35-31(29)17-18-32-30(26-12-5-2-6-13-26)20-22-34(36(32)35)37(33)28-16-15-24-9-7-8-14-27(24)23-28/h1-23H. The molecular weight excluding hydrogens is 446 g/mol. The van der Waals surface area contributed by atoms with Gasteiger partial charge in [-0.2, -0.15) is 0 Å². The van der Waals surface area contributed by atoms with Crippen molar-refractivity contribution in [2.24, 2.45) is 0 Å². The van der Waals surface area contributed by atoms with Crippen LogP contribution in [0.2, 0.25) is 0 Å². The molecule has 0 aliphatic heterocycles. The number of fused-ring (bicyclic) bond motifs is 1. The molecule has 0 fully saturated rings. The van der Waals surface area contributed by atoms with Crippen LogP contribution in [0.5, 0.6) is 0 Å². The lowest BCUT2D eigenvalue weighted by atomic mass is 9.91. The van der Waals surface area contributed by atoms with E-state index in [4.69, 9.17) is 0 Å². The Morgan fingerprint density at radius 3 is 1.46 bits per heavy atom. The Morgan fingerprint density at radius 2 is 0.892 bits per heavy atom. The molecule has 1 nitrogen and oxygen atoms in total. The largest absolute Gasteiger partial charge is 0.309 e. The van der Waals surface area contributed by atoms with Crippen molar-refractivity contribution in [2.75, 3.05) is 0 Å². The molecule has 7 aromatic carbocycles. The molecule has 0 aliphatic carbocycles. The summed E-state index contributed by atoms with van der Waals surface area (Å²) in [5, 5.41) is 7.78. The number of benzene rings is 7. The third kappa shape index (κ3) is 2.98. The van der Waals surface area contributed by atoms with Gasteiger partial charge in [0.2, 0.25) is 0 Å². The van der Waals surface area contributed by atoms with Crippen molar-refractivity contribution in [1.29, 1.82) is 0 Å². The van der Waals surface area contributed by atoms with Gasteiger partial charge in [0.15, 0.2) is 0 Å². The van der Waals surface area contributed by atoms with E-state index in [1.54, 1.807) is 0 Å². The van der Waals surface area contributed by atoms with E-state index < -0.39 is 0 Å². The Balaban J connectivity index is 1.52. The quantitative estimate of drug-likeness (QED) is 0.227. The van der Waals surface area contributed by atoms with Gasteiger partial charge in [-0.15, -0.1) is 0 Å². The third-order valence-electron chi connectivity index (χ3n) is 7.76. The minimum Gasteiger partial charge on any atom is -0.309 e. The summed E-state index contributed by atoms with van der Waals surface area (Å²) >= 11 is 0. The van der Waals surface area contributed by atoms with Gasteiger partial charge in [-0.05, 0) is 68.1 Å². The van der Waals surface area contributed by atoms with E-state index >= 15 is 0 Å². The number of hydrogen-bond donors (Lipinski definition) is 0. The van der Waals surface area contributed by atoms with Crippen molar-refractivity contribution in [2.45, 2.75) is 0 Å². The lowest BCUT2D eigenvalue weighted by Crippen LogP contribution is -1.94. The minimum absolute atomic E-state index is 1.19. The molecule has 0 atom stereocenters. The van der Waals surface area contributed by atoms with E-state index in [2.05, 4.69) is 144 Å². The van der Waals surface area contributed by atoms with Gasteiger partial charge >= 0.3 is 0 Å². The Bertz CT molecular complexity index is 1950. The predicted molar refractivity (Wildman–Crippen MR) is 158 cm³/mol. The zero-order valence-electron chi connectivity index (χ0n) is 20.2. The van der Waals surface area contributed by atoms with E-state index in [0.29, 0.717) is 0 Å². The highest BCUT2D eigenvalue weighted by Gasteiger charge is 2.20. The second kappa shape index (κ2) is 7.81. The Labute approximate surface area is 215 Å². The molecule has 1 aromatic heterocycles. The van der Waals surface area contributed by atoms with Crippen LogP contribution in [0.3, 0.4) is 0 Å². The minimum atomic E-state index is 1.19. The van der Waals surface area contributed by atoms with Crippen LogP contribution in [0, 0.1) is 0 Å². The van der Waals surface area contributed by atoms with E-state index in [1.807, 2.05) is 0 Å². The van der Waals surface area contributed by atoms with Crippen LogP contribution >= 0.6 is 0 Å². The first-order chi connectivity index (χ1) is 18.4. The fraction of sp³-hybridized carbons (Fsp3) is 0. The van der Waals surface area contributed by atoms with E-state index in [0.717, 1.165) is 0 Å². The summed E-state index contributed by atoms with van der Waals surface area (Å²) in [5.41, 5.74) is 8.73.